The van der Waals surface area contributed by atoms with Gasteiger partial charge in [-0.25, -0.2) is 4.79 Å². The smallest absolute Gasteiger partial charge is 0.339 e. The van der Waals surface area contributed by atoms with E-state index in [1.165, 1.54) is 6.20 Å². The molecule has 11 nitrogen and oxygen atoms in total. The Morgan fingerprint density at radius 2 is 2.21 bits per heavy atom. The zero-order valence-electron chi connectivity index (χ0n) is 12.0. The zero-order chi connectivity index (χ0) is 18.1. The van der Waals surface area contributed by atoms with Crippen molar-refractivity contribution < 1.29 is 33.7 Å². The van der Waals surface area contributed by atoms with Gasteiger partial charge in [0, 0.05) is 12.6 Å². The lowest BCUT2D eigenvalue weighted by molar-refractivity contribution is -0.134. The number of nitrogens with one attached hydrogen (secondary N) is 1. The van der Waals surface area contributed by atoms with Gasteiger partial charge in [-0.15, -0.1) is 0 Å². The van der Waals surface area contributed by atoms with Gasteiger partial charge in [-0.1, -0.05) is 0 Å². The fourth-order valence-electron chi connectivity index (χ4n) is 2.12. The van der Waals surface area contributed by atoms with Crippen LogP contribution < -0.4 is 11.2 Å². The van der Waals surface area contributed by atoms with Gasteiger partial charge in [0.1, 0.15) is 18.5 Å². The maximum Gasteiger partial charge on any atom is 0.339 e. The number of carboxylic acid groups (broad SMARTS) is 1. The molecule has 1 aromatic heterocycles. The minimum atomic E-state index is -4.35. The van der Waals surface area contributed by atoms with Crippen molar-refractivity contribution >= 4 is 36.2 Å². The lowest BCUT2D eigenvalue weighted by Gasteiger charge is -2.17. The van der Waals surface area contributed by atoms with Crippen LogP contribution in [0.15, 0.2) is 15.8 Å². The molecule has 4 N–H and O–H groups in total. The molecule has 2 rings (SSSR count). The third-order valence-electron chi connectivity index (χ3n) is 3.21. The van der Waals surface area contributed by atoms with E-state index >= 15 is 0 Å². The van der Waals surface area contributed by atoms with E-state index in [0.717, 1.165) is 4.57 Å². The van der Waals surface area contributed by atoms with Crippen molar-refractivity contribution in [1.82, 2.24) is 9.55 Å². The number of carbonyl (C=O) groups is 1. The molecule has 1 fully saturated rings. The number of aromatic nitrogens is 2. The fourth-order valence-corrected chi connectivity index (χ4v) is 3.36. The first-order valence-corrected chi connectivity index (χ1v) is 9.46. The third kappa shape index (κ3) is 4.74. The number of aliphatic carboxylic acids is 1. The Morgan fingerprint density at radius 3 is 2.83 bits per heavy atom. The Hall–Kier alpha value is -1.05. The molecule has 0 aromatic carbocycles. The quantitative estimate of drug-likeness (QED) is 0.300. The van der Waals surface area contributed by atoms with E-state index in [9.17, 15) is 28.9 Å². The van der Waals surface area contributed by atoms with Crippen LogP contribution in [0.2, 0.25) is 0 Å². The number of nitrogens with zero attached hydrogens (tertiary/aromatic N) is 1. The summed E-state index contributed by atoms with van der Waals surface area (Å²) in [7, 11) is -4.35. The van der Waals surface area contributed by atoms with Gasteiger partial charge in [0.15, 0.2) is 0 Å². The second-order valence-corrected chi connectivity index (χ2v) is 8.07. The lowest BCUT2D eigenvalue weighted by Crippen LogP contribution is -2.33. The van der Waals surface area contributed by atoms with Gasteiger partial charge < -0.3 is 24.4 Å². The number of hydrogen-bond acceptors (Lipinski definition) is 7. The molecular formula is C11H14IN2O9P. The van der Waals surface area contributed by atoms with Crippen molar-refractivity contribution in [2.75, 3.05) is 12.8 Å². The Kier molecular flexibility index (Phi) is 5.99. The second-order valence-electron chi connectivity index (χ2n) is 5.06. The number of aliphatic hydroxyl groups excluding tert-OH is 1. The van der Waals surface area contributed by atoms with Gasteiger partial charge >= 0.3 is 19.3 Å². The number of aromatic amines is 1. The molecule has 4 atom stereocenters. The van der Waals surface area contributed by atoms with Crippen LogP contribution >= 0.6 is 30.2 Å². The van der Waals surface area contributed by atoms with Crippen LogP contribution in [0.4, 0.5) is 0 Å². The molecule has 4 unspecified atom stereocenters. The highest BCUT2D eigenvalue weighted by Gasteiger charge is 2.37. The Balaban J connectivity index is 2.06. The monoisotopic (exact) mass is 476 g/mol. The second kappa shape index (κ2) is 7.45. The highest BCUT2D eigenvalue weighted by Crippen LogP contribution is 2.42. The summed E-state index contributed by atoms with van der Waals surface area (Å²) in [5, 5.41) is 18.4. The molecular weight excluding hydrogens is 462 g/mol. The number of H-pyrrole nitrogens is 1. The van der Waals surface area contributed by atoms with Crippen molar-refractivity contribution in [3.63, 3.8) is 0 Å². The Morgan fingerprint density at radius 1 is 1.54 bits per heavy atom. The zero-order valence-corrected chi connectivity index (χ0v) is 15.0. The van der Waals surface area contributed by atoms with Crippen LogP contribution in [0, 0.1) is 3.57 Å². The van der Waals surface area contributed by atoms with Crippen molar-refractivity contribution in [1.29, 1.82) is 0 Å². The molecule has 1 aromatic rings. The SMILES string of the molecule is O=C(O)CP(=O)(O)OCC1OC(n2cc(I)c(=O)[nH]c2=O)CC1O. The van der Waals surface area contributed by atoms with Crippen molar-refractivity contribution in [3.05, 3.63) is 30.6 Å². The van der Waals surface area contributed by atoms with Crippen LogP contribution in [-0.2, 0) is 18.6 Å². The third-order valence-corrected chi connectivity index (χ3v) is 5.21. The molecule has 0 aliphatic carbocycles. The molecule has 1 aliphatic heterocycles. The summed E-state index contributed by atoms with van der Waals surface area (Å²) in [6.07, 6.45) is -2.84. The van der Waals surface area contributed by atoms with E-state index in [1.54, 1.807) is 22.6 Å². The van der Waals surface area contributed by atoms with E-state index in [0.29, 0.717) is 0 Å². The minimum Gasteiger partial charge on any atom is -0.481 e. The maximum absolute atomic E-state index is 11.8. The molecule has 1 aliphatic rings. The van der Waals surface area contributed by atoms with Crippen LogP contribution in [0.25, 0.3) is 0 Å². The molecule has 0 amide bonds. The summed E-state index contributed by atoms with van der Waals surface area (Å²) >= 11 is 1.73. The summed E-state index contributed by atoms with van der Waals surface area (Å²) in [5.74, 6) is -1.50. The molecule has 0 radical (unpaired) electrons. The van der Waals surface area contributed by atoms with Gasteiger partial charge in [0.2, 0.25) is 0 Å². The van der Waals surface area contributed by atoms with Gasteiger partial charge in [0.05, 0.1) is 16.3 Å². The number of carboxylic acids is 1. The standard InChI is InChI=1S/C11H14IN2O9P/c12-5-2-14(11(19)13-10(5)18)8-1-6(15)7(23-8)3-22-24(20,21)4-9(16)17/h2,6-8,15H,1,3-4H2,(H,16,17)(H,20,21)(H,13,18,19). The first-order valence-electron chi connectivity index (χ1n) is 6.61. The molecule has 0 bridgehead atoms. The molecule has 2 heterocycles. The summed E-state index contributed by atoms with van der Waals surface area (Å²) in [4.78, 5) is 45.0. The largest absolute Gasteiger partial charge is 0.481 e. The van der Waals surface area contributed by atoms with Gasteiger partial charge in [-0.2, -0.15) is 0 Å². The number of halogens is 1. The first-order chi connectivity index (χ1) is 11.1. The topological polar surface area (TPSA) is 168 Å². The number of aliphatic hydroxyl groups is 1. The maximum atomic E-state index is 11.8. The number of hydrogen-bond donors (Lipinski definition) is 4. The van der Waals surface area contributed by atoms with Crippen LogP contribution in [-0.4, -0.2) is 55.6 Å². The Labute approximate surface area is 147 Å². The molecule has 134 valence electrons. The van der Waals surface area contributed by atoms with E-state index in [2.05, 4.69) is 9.51 Å². The van der Waals surface area contributed by atoms with Crippen molar-refractivity contribution in [2.24, 2.45) is 0 Å². The normalized spacial score (nSPS) is 26.2. The van der Waals surface area contributed by atoms with E-state index in [-0.39, 0.29) is 9.99 Å². The van der Waals surface area contributed by atoms with Gasteiger partial charge in [-0.05, 0) is 22.6 Å². The molecule has 0 spiro atoms. The van der Waals surface area contributed by atoms with Crippen LogP contribution in [0.5, 0.6) is 0 Å². The molecule has 1 saturated heterocycles. The predicted molar refractivity (Wildman–Crippen MR) is 86.9 cm³/mol. The molecule has 24 heavy (non-hydrogen) atoms. The molecule has 0 saturated carbocycles. The van der Waals surface area contributed by atoms with E-state index < -0.39 is 56.0 Å². The highest BCUT2D eigenvalue weighted by molar-refractivity contribution is 14.1. The van der Waals surface area contributed by atoms with Crippen molar-refractivity contribution in [3.8, 4) is 0 Å². The van der Waals surface area contributed by atoms with Crippen molar-refractivity contribution in [2.45, 2.75) is 24.9 Å². The van der Waals surface area contributed by atoms with Crippen LogP contribution in [0.3, 0.4) is 0 Å². The van der Waals surface area contributed by atoms with E-state index in [1.807, 2.05) is 0 Å². The summed E-state index contributed by atoms with van der Waals surface area (Å²) in [5.41, 5.74) is -1.27. The lowest BCUT2D eigenvalue weighted by atomic mass is 10.2. The molecule has 13 heteroatoms. The van der Waals surface area contributed by atoms with Crippen LogP contribution in [0.1, 0.15) is 12.6 Å². The average molecular weight is 476 g/mol. The fraction of sp³-hybridized carbons (Fsp3) is 0.545. The highest BCUT2D eigenvalue weighted by atomic mass is 127. The summed E-state index contributed by atoms with van der Waals surface area (Å²) < 4.78 is 22.9. The average Bonchev–Trinajstić information content (AvgIpc) is 2.80. The van der Waals surface area contributed by atoms with E-state index in [4.69, 9.17) is 9.84 Å². The number of rotatable bonds is 6. The number of ether oxygens (including phenoxy) is 1. The summed E-state index contributed by atoms with van der Waals surface area (Å²) in [6, 6.07) is 0. The Bertz CT molecular complexity index is 790. The minimum absolute atomic E-state index is 0.00921. The van der Waals surface area contributed by atoms with Gasteiger partial charge in [-0.3, -0.25) is 23.7 Å². The summed E-state index contributed by atoms with van der Waals surface area (Å²) in [6.45, 7) is -0.520. The van der Waals surface area contributed by atoms with Gasteiger partial charge in [0.25, 0.3) is 5.56 Å². The first kappa shape index (κ1) is 19.3. The predicted octanol–water partition coefficient (Wildman–Crippen LogP) is -0.924.